The van der Waals surface area contributed by atoms with E-state index in [1.165, 1.54) is 9.58 Å². The molecule has 0 radical (unpaired) electrons. The second-order valence-corrected chi connectivity index (χ2v) is 10.3. The van der Waals surface area contributed by atoms with Crippen molar-refractivity contribution in [2.45, 2.75) is 71.8 Å². The molecule has 1 aliphatic carbocycles. The molecular weight excluding hydrogens is 452 g/mol. The number of carbonyl (C=O) groups excluding carboxylic acids is 2. The van der Waals surface area contributed by atoms with Gasteiger partial charge in [0, 0.05) is 22.7 Å². The summed E-state index contributed by atoms with van der Waals surface area (Å²) in [6, 6.07) is 11.0. The smallest absolute Gasteiger partial charge is 0.327 e. The predicted octanol–water partition coefficient (Wildman–Crippen LogP) is 4.04. The summed E-state index contributed by atoms with van der Waals surface area (Å²) in [4.78, 5) is 29.5. The molecule has 0 spiro atoms. The minimum absolute atomic E-state index is 0.123. The van der Waals surface area contributed by atoms with E-state index in [-0.39, 0.29) is 46.5 Å². The number of amides is 2. The van der Waals surface area contributed by atoms with Crippen LogP contribution in [0, 0.1) is 13.8 Å². The van der Waals surface area contributed by atoms with E-state index in [1.54, 1.807) is 4.57 Å². The average molecular weight is 485 g/mol. The van der Waals surface area contributed by atoms with Crippen LogP contribution in [0.5, 0.6) is 5.88 Å². The number of imide groups is 1. The van der Waals surface area contributed by atoms with Gasteiger partial charge < -0.3 is 5.11 Å². The first-order valence-corrected chi connectivity index (χ1v) is 12.8. The van der Waals surface area contributed by atoms with Gasteiger partial charge in [-0.1, -0.05) is 51.3 Å². The lowest BCUT2D eigenvalue weighted by molar-refractivity contribution is -0.577. The van der Waals surface area contributed by atoms with Crippen LogP contribution in [0.2, 0.25) is 0 Å². The zero-order chi connectivity index (χ0) is 25.6. The van der Waals surface area contributed by atoms with Gasteiger partial charge in [0.25, 0.3) is 11.6 Å². The van der Waals surface area contributed by atoms with Crippen molar-refractivity contribution in [1.82, 2.24) is 14.7 Å². The van der Waals surface area contributed by atoms with E-state index in [4.69, 9.17) is 0 Å². The SMILES string of the molecule is Cc1cc(C)c[n+](C2=C(c3c(C(C)C)nn(-c4ccccc4)c3[O-])C(=O)N(C3CCCCC3)C2=O)c1. The van der Waals surface area contributed by atoms with Crippen molar-refractivity contribution < 1.29 is 19.3 Å². The normalized spacial score (nSPS) is 17.1. The fourth-order valence-electron chi connectivity index (χ4n) is 5.51. The van der Waals surface area contributed by atoms with Gasteiger partial charge in [0.05, 0.1) is 11.4 Å². The first kappa shape index (κ1) is 24.0. The number of hydrogen-bond acceptors (Lipinski definition) is 4. The third-order valence-electron chi connectivity index (χ3n) is 7.10. The summed E-state index contributed by atoms with van der Waals surface area (Å²) in [5.41, 5.74) is 3.70. The number of pyridine rings is 1. The molecule has 0 N–H and O–H groups in total. The summed E-state index contributed by atoms with van der Waals surface area (Å²) >= 11 is 0. The average Bonchev–Trinajstić information content (AvgIpc) is 3.32. The lowest BCUT2D eigenvalue weighted by Crippen LogP contribution is -2.45. The highest BCUT2D eigenvalue weighted by atomic mass is 16.3. The summed E-state index contributed by atoms with van der Waals surface area (Å²) < 4.78 is 3.08. The van der Waals surface area contributed by atoms with Crippen molar-refractivity contribution in [2.24, 2.45) is 0 Å². The molecule has 186 valence electrons. The molecule has 1 fully saturated rings. The molecule has 36 heavy (non-hydrogen) atoms. The molecule has 2 aromatic heterocycles. The first-order chi connectivity index (χ1) is 17.3. The molecule has 0 saturated heterocycles. The van der Waals surface area contributed by atoms with Gasteiger partial charge in [0.15, 0.2) is 12.4 Å². The molecule has 0 unspecified atom stereocenters. The van der Waals surface area contributed by atoms with Crippen LogP contribution in [0.4, 0.5) is 0 Å². The van der Waals surface area contributed by atoms with E-state index in [2.05, 4.69) is 5.10 Å². The minimum atomic E-state index is -0.389. The number of nitrogens with zero attached hydrogens (tertiary/aromatic N) is 4. The minimum Gasteiger partial charge on any atom is -0.858 e. The molecule has 2 aliphatic rings. The highest BCUT2D eigenvalue weighted by Gasteiger charge is 2.49. The molecule has 7 heteroatoms. The summed E-state index contributed by atoms with van der Waals surface area (Å²) in [6.07, 6.45) is 8.36. The van der Waals surface area contributed by atoms with Crippen LogP contribution >= 0.6 is 0 Å². The Morgan fingerprint density at radius 1 is 0.972 bits per heavy atom. The maximum absolute atomic E-state index is 14.1. The lowest BCUT2D eigenvalue weighted by atomic mass is 9.94. The summed E-state index contributed by atoms with van der Waals surface area (Å²) in [7, 11) is 0. The Hall–Kier alpha value is -3.74. The van der Waals surface area contributed by atoms with E-state index >= 15 is 0 Å². The molecule has 3 heterocycles. The second kappa shape index (κ2) is 9.37. The van der Waals surface area contributed by atoms with Gasteiger partial charge in [-0.15, -0.1) is 0 Å². The Morgan fingerprint density at radius 3 is 2.22 bits per heavy atom. The summed E-state index contributed by atoms with van der Waals surface area (Å²) in [5, 5.41) is 18.6. The van der Waals surface area contributed by atoms with E-state index < -0.39 is 0 Å². The molecule has 0 atom stereocenters. The van der Waals surface area contributed by atoms with Crippen LogP contribution < -0.4 is 9.67 Å². The molecule has 7 nitrogen and oxygen atoms in total. The number of carbonyl (C=O) groups is 2. The maximum atomic E-state index is 14.1. The fraction of sp³-hybridized carbons (Fsp3) is 0.379. The lowest BCUT2D eigenvalue weighted by Gasteiger charge is -2.29. The van der Waals surface area contributed by atoms with Crippen LogP contribution in [0.1, 0.15) is 74.3 Å². The Balaban J connectivity index is 1.77. The number of rotatable bonds is 5. The van der Waals surface area contributed by atoms with Gasteiger partial charge in [0.1, 0.15) is 5.57 Å². The van der Waals surface area contributed by atoms with Crippen LogP contribution in [0.15, 0.2) is 48.8 Å². The van der Waals surface area contributed by atoms with Gasteiger partial charge in [-0.05, 0) is 56.7 Å². The van der Waals surface area contributed by atoms with Gasteiger partial charge in [0.2, 0.25) is 0 Å². The van der Waals surface area contributed by atoms with Crippen molar-refractivity contribution in [1.29, 1.82) is 0 Å². The third kappa shape index (κ3) is 4.02. The highest BCUT2D eigenvalue weighted by Crippen LogP contribution is 2.41. The molecule has 0 bridgehead atoms. The quantitative estimate of drug-likeness (QED) is 0.404. The predicted molar refractivity (Wildman–Crippen MR) is 135 cm³/mol. The number of benzene rings is 1. The number of aromatic nitrogens is 3. The Bertz CT molecular complexity index is 1340. The van der Waals surface area contributed by atoms with Crippen molar-refractivity contribution in [3.05, 3.63) is 71.2 Å². The first-order valence-electron chi connectivity index (χ1n) is 12.8. The summed E-state index contributed by atoms with van der Waals surface area (Å²) in [6.45, 7) is 7.81. The van der Waals surface area contributed by atoms with Crippen molar-refractivity contribution in [2.75, 3.05) is 0 Å². The van der Waals surface area contributed by atoms with Gasteiger partial charge in [-0.25, -0.2) is 4.68 Å². The molecule has 5 rings (SSSR count). The molecule has 1 aliphatic heterocycles. The van der Waals surface area contributed by atoms with E-state index in [0.717, 1.165) is 43.2 Å². The monoisotopic (exact) mass is 484 g/mol. The Morgan fingerprint density at radius 2 is 1.61 bits per heavy atom. The van der Waals surface area contributed by atoms with Crippen LogP contribution in [-0.2, 0) is 9.59 Å². The van der Waals surface area contributed by atoms with Crippen LogP contribution in [0.3, 0.4) is 0 Å². The molecule has 2 amide bonds. The number of aryl methyl sites for hydroxylation is 2. The van der Waals surface area contributed by atoms with Gasteiger partial charge in [-0.2, -0.15) is 9.67 Å². The zero-order valence-electron chi connectivity index (χ0n) is 21.3. The van der Waals surface area contributed by atoms with Gasteiger partial charge in [-0.3, -0.25) is 14.5 Å². The summed E-state index contributed by atoms with van der Waals surface area (Å²) in [5.74, 6) is -1.23. The van der Waals surface area contributed by atoms with Crippen molar-refractivity contribution in [3.8, 4) is 11.6 Å². The molecule has 3 aromatic rings. The maximum Gasteiger partial charge on any atom is 0.327 e. The van der Waals surface area contributed by atoms with E-state index in [1.807, 2.05) is 76.5 Å². The topological polar surface area (TPSA) is 82.1 Å². The van der Waals surface area contributed by atoms with E-state index in [0.29, 0.717) is 11.4 Å². The van der Waals surface area contributed by atoms with E-state index in [9.17, 15) is 14.7 Å². The molecule has 1 saturated carbocycles. The Labute approximate surface area is 211 Å². The van der Waals surface area contributed by atoms with Crippen LogP contribution in [-0.4, -0.2) is 32.5 Å². The number of hydrogen-bond donors (Lipinski definition) is 0. The zero-order valence-corrected chi connectivity index (χ0v) is 21.3. The molecule has 1 aromatic carbocycles. The van der Waals surface area contributed by atoms with Gasteiger partial charge >= 0.3 is 5.91 Å². The highest BCUT2D eigenvalue weighted by molar-refractivity contribution is 6.45. The number of para-hydroxylation sites is 1. The van der Waals surface area contributed by atoms with Crippen LogP contribution in [0.25, 0.3) is 17.0 Å². The standard InChI is InChI=1S/C29H32N4O3/c1-18(2)25-23(28(35)33(30-25)22-13-9-6-10-14-22)24-26(31-16-19(3)15-20(4)17-31)29(36)32(27(24)34)21-11-7-5-8-12-21/h6,9-10,13-18,21H,5,7-8,11-12H2,1-4H3. The third-order valence-corrected chi connectivity index (χ3v) is 7.10. The fourth-order valence-corrected chi connectivity index (χ4v) is 5.51. The van der Waals surface area contributed by atoms with Crippen molar-refractivity contribution >= 4 is 23.1 Å². The molecular formula is C29H32N4O3. The largest absolute Gasteiger partial charge is 0.858 e. The van der Waals surface area contributed by atoms with Crippen molar-refractivity contribution in [3.63, 3.8) is 0 Å². The second-order valence-electron chi connectivity index (χ2n) is 10.3. The Kier molecular flexibility index (Phi) is 6.24.